The van der Waals surface area contributed by atoms with Gasteiger partial charge in [0.05, 0.1) is 11.4 Å². The molecule has 0 atom stereocenters. The number of rotatable bonds is 4. The van der Waals surface area contributed by atoms with Crippen molar-refractivity contribution in [3.63, 3.8) is 0 Å². The molecule has 6 heteroatoms. The number of nitrogens with one attached hydrogen (secondary N) is 1. The molecular formula is C19H21N3O2S. The van der Waals surface area contributed by atoms with Gasteiger partial charge in [-0.15, -0.1) is 11.3 Å². The van der Waals surface area contributed by atoms with E-state index in [4.69, 9.17) is 4.52 Å². The van der Waals surface area contributed by atoms with Crippen molar-refractivity contribution < 1.29 is 9.32 Å². The molecule has 0 bridgehead atoms. The lowest BCUT2D eigenvalue weighted by Crippen LogP contribution is -2.14. The van der Waals surface area contributed by atoms with Crippen LogP contribution in [0.3, 0.4) is 0 Å². The molecule has 0 saturated heterocycles. The topological polar surface area (TPSA) is 68.0 Å². The summed E-state index contributed by atoms with van der Waals surface area (Å²) in [5, 5.41) is 9.33. The summed E-state index contributed by atoms with van der Waals surface area (Å²) in [5.74, 6) is 0.296. The van der Waals surface area contributed by atoms with Gasteiger partial charge in [-0.1, -0.05) is 18.1 Å². The number of aromatic nitrogens is 2. The van der Waals surface area contributed by atoms with Crippen LogP contribution in [-0.2, 0) is 6.42 Å². The van der Waals surface area contributed by atoms with E-state index in [2.05, 4.69) is 48.4 Å². The van der Waals surface area contributed by atoms with E-state index in [1.807, 2.05) is 12.3 Å². The highest BCUT2D eigenvalue weighted by atomic mass is 32.1. The average molecular weight is 355 g/mol. The highest BCUT2D eigenvalue weighted by molar-refractivity contribution is 7.14. The molecule has 0 unspecified atom stereocenters. The first kappa shape index (κ1) is 17.4. The summed E-state index contributed by atoms with van der Waals surface area (Å²) in [6, 6.07) is 4.31. The molecule has 0 aliphatic heterocycles. The molecular weight excluding hydrogens is 334 g/mol. The summed E-state index contributed by atoms with van der Waals surface area (Å²) in [6.07, 6.45) is 0.644. The predicted molar refractivity (Wildman–Crippen MR) is 100 cm³/mol. The number of amides is 1. The maximum atomic E-state index is 12.5. The minimum Gasteiger partial charge on any atom is -0.361 e. The fraction of sp³-hybridized carbons (Fsp3) is 0.316. The summed E-state index contributed by atoms with van der Waals surface area (Å²) in [6.45, 7) is 9.96. The van der Waals surface area contributed by atoms with Crippen LogP contribution >= 0.6 is 11.3 Å². The molecule has 130 valence electrons. The molecule has 3 rings (SSSR count). The van der Waals surface area contributed by atoms with E-state index in [9.17, 15) is 4.79 Å². The molecule has 25 heavy (non-hydrogen) atoms. The van der Waals surface area contributed by atoms with Crippen molar-refractivity contribution in [2.45, 2.75) is 41.0 Å². The number of anilines is 1. The molecule has 2 aromatic heterocycles. The number of carbonyl (C=O) groups is 1. The van der Waals surface area contributed by atoms with E-state index >= 15 is 0 Å². The molecule has 1 aromatic carbocycles. The first-order valence-corrected chi connectivity index (χ1v) is 9.09. The summed E-state index contributed by atoms with van der Waals surface area (Å²) in [5.41, 5.74) is 6.80. The zero-order valence-electron chi connectivity index (χ0n) is 15.1. The average Bonchev–Trinajstić information content (AvgIpc) is 3.17. The summed E-state index contributed by atoms with van der Waals surface area (Å²) in [4.78, 5) is 17.1. The van der Waals surface area contributed by atoms with Crippen LogP contribution in [0, 0.1) is 27.7 Å². The smallest absolute Gasteiger partial charge is 0.262 e. The second-order valence-electron chi connectivity index (χ2n) is 6.16. The van der Waals surface area contributed by atoms with Crippen molar-refractivity contribution in [2.75, 3.05) is 5.32 Å². The predicted octanol–water partition coefficient (Wildman–Crippen LogP) is 4.85. The minimum absolute atomic E-state index is 0.228. The van der Waals surface area contributed by atoms with Gasteiger partial charge in [0.1, 0.15) is 11.3 Å². The van der Waals surface area contributed by atoms with E-state index in [1.54, 1.807) is 6.92 Å². The second-order valence-corrected chi connectivity index (χ2v) is 7.02. The van der Waals surface area contributed by atoms with Gasteiger partial charge in [-0.2, -0.15) is 0 Å². The van der Waals surface area contributed by atoms with Crippen LogP contribution in [0.25, 0.3) is 11.3 Å². The normalized spacial score (nSPS) is 10.9. The zero-order chi connectivity index (χ0) is 18.1. The van der Waals surface area contributed by atoms with Crippen LogP contribution in [-0.4, -0.2) is 16.0 Å². The second kappa shape index (κ2) is 6.80. The number of hydrogen-bond donors (Lipinski definition) is 1. The van der Waals surface area contributed by atoms with Crippen molar-refractivity contribution in [3.05, 3.63) is 51.2 Å². The van der Waals surface area contributed by atoms with Crippen LogP contribution < -0.4 is 5.32 Å². The quantitative estimate of drug-likeness (QED) is 0.726. The van der Waals surface area contributed by atoms with E-state index < -0.39 is 0 Å². The van der Waals surface area contributed by atoms with Crippen LogP contribution in [0.1, 0.15) is 45.4 Å². The minimum atomic E-state index is -0.228. The van der Waals surface area contributed by atoms with Gasteiger partial charge in [-0.25, -0.2) is 4.98 Å². The molecule has 0 spiro atoms. The van der Waals surface area contributed by atoms with Gasteiger partial charge in [0.15, 0.2) is 5.13 Å². The highest BCUT2D eigenvalue weighted by Crippen LogP contribution is 2.30. The number of nitrogens with zero attached hydrogens (tertiary/aromatic N) is 2. The third-order valence-corrected chi connectivity index (χ3v) is 5.09. The van der Waals surface area contributed by atoms with Crippen LogP contribution in [0.5, 0.6) is 0 Å². The van der Waals surface area contributed by atoms with Crippen LogP contribution in [0.4, 0.5) is 5.13 Å². The fourth-order valence-corrected chi connectivity index (χ4v) is 3.51. The Balaban J connectivity index is 1.86. The lowest BCUT2D eigenvalue weighted by molar-refractivity contribution is 0.102. The van der Waals surface area contributed by atoms with Crippen molar-refractivity contribution in [2.24, 2.45) is 0 Å². The third kappa shape index (κ3) is 3.35. The Morgan fingerprint density at radius 1 is 1.16 bits per heavy atom. The van der Waals surface area contributed by atoms with E-state index in [1.165, 1.54) is 28.0 Å². The summed E-state index contributed by atoms with van der Waals surface area (Å²) in [7, 11) is 0. The van der Waals surface area contributed by atoms with Crippen molar-refractivity contribution in [1.29, 1.82) is 0 Å². The first-order chi connectivity index (χ1) is 11.9. The van der Waals surface area contributed by atoms with Crippen LogP contribution in [0.15, 0.2) is 22.0 Å². The molecule has 2 heterocycles. The van der Waals surface area contributed by atoms with Crippen molar-refractivity contribution in [3.8, 4) is 11.3 Å². The van der Waals surface area contributed by atoms with Gasteiger partial charge in [-0.3, -0.25) is 10.1 Å². The van der Waals surface area contributed by atoms with Gasteiger partial charge in [-0.05, 0) is 56.9 Å². The maximum Gasteiger partial charge on any atom is 0.262 e. The number of carbonyl (C=O) groups excluding carboxylic acids is 1. The molecule has 0 aliphatic carbocycles. The highest BCUT2D eigenvalue weighted by Gasteiger charge is 2.20. The molecule has 1 N–H and O–H groups in total. The number of thiazole rings is 1. The SMILES string of the molecule is CCc1noc(C)c1C(=O)Nc1nc(-c2cc(C)c(C)cc2C)cs1. The number of aryl methyl sites for hydroxylation is 5. The Morgan fingerprint density at radius 2 is 1.88 bits per heavy atom. The largest absolute Gasteiger partial charge is 0.361 e. The molecule has 3 aromatic rings. The zero-order valence-corrected chi connectivity index (χ0v) is 15.9. The van der Waals surface area contributed by atoms with Gasteiger partial charge in [0.2, 0.25) is 0 Å². The first-order valence-electron chi connectivity index (χ1n) is 8.21. The Kier molecular flexibility index (Phi) is 4.72. The molecule has 5 nitrogen and oxygen atoms in total. The van der Waals surface area contributed by atoms with Crippen molar-refractivity contribution >= 4 is 22.4 Å². The van der Waals surface area contributed by atoms with Gasteiger partial charge >= 0.3 is 0 Å². The summed E-state index contributed by atoms with van der Waals surface area (Å²) < 4.78 is 5.13. The fourth-order valence-electron chi connectivity index (χ4n) is 2.80. The lowest BCUT2D eigenvalue weighted by atomic mass is 9.99. The summed E-state index contributed by atoms with van der Waals surface area (Å²) >= 11 is 1.41. The maximum absolute atomic E-state index is 12.5. The molecule has 0 aliphatic rings. The number of benzene rings is 1. The van der Waals surface area contributed by atoms with E-state index in [0.717, 1.165) is 11.3 Å². The van der Waals surface area contributed by atoms with Crippen LogP contribution in [0.2, 0.25) is 0 Å². The Bertz CT molecular complexity index is 940. The Hall–Kier alpha value is -2.47. The molecule has 0 saturated carbocycles. The van der Waals surface area contributed by atoms with E-state index in [-0.39, 0.29) is 5.91 Å². The molecule has 0 radical (unpaired) electrons. The molecule has 0 fully saturated rings. The number of hydrogen-bond acceptors (Lipinski definition) is 5. The van der Waals surface area contributed by atoms with E-state index in [0.29, 0.717) is 28.6 Å². The Morgan fingerprint density at radius 3 is 2.60 bits per heavy atom. The standard InChI is InChI=1S/C19H21N3O2S/c1-6-15-17(13(5)24-22-15)18(23)21-19-20-16(9-25-19)14-8-11(3)10(2)7-12(14)4/h7-9H,6H2,1-5H3,(H,20,21,23). The monoisotopic (exact) mass is 355 g/mol. The van der Waals surface area contributed by atoms with Gasteiger partial charge in [0.25, 0.3) is 5.91 Å². The van der Waals surface area contributed by atoms with Gasteiger partial charge < -0.3 is 4.52 Å². The van der Waals surface area contributed by atoms with Gasteiger partial charge in [0, 0.05) is 10.9 Å². The Labute approximate surface area is 151 Å². The molecule has 1 amide bonds. The lowest BCUT2D eigenvalue weighted by Gasteiger charge is -2.07. The van der Waals surface area contributed by atoms with Crippen molar-refractivity contribution in [1.82, 2.24) is 10.1 Å². The third-order valence-electron chi connectivity index (χ3n) is 4.34.